The number of aromatic nitrogens is 1. The van der Waals surface area contributed by atoms with Crippen molar-refractivity contribution >= 4 is 22.6 Å². The Hall–Kier alpha value is -2.70. The van der Waals surface area contributed by atoms with Crippen molar-refractivity contribution in [2.75, 3.05) is 0 Å². The van der Waals surface area contributed by atoms with Gasteiger partial charge in [-0.15, -0.1) is 0 Å². The molecule has 0 saturated carbocycles. The van der Waals surface area contributed by atoms with Gasteiger partial charge in [0.05, 0.1) is 10.5 Å². The Balaban J connectivity index is 3.03. The van der Waals surface area contributed by atoms with Crippen LogP contribution < -0.4 is 5.56 Å². The number of nitrogens with zero attached hydrogens (tertiary/aromatic N) is 1. The highest BCUT2D eigenvalue weighted by Crippen LogP contribution is 2.26. The minimum atomic E-state index is -1.30. The summed E-state index contributed by atoms with van der Waals surface area (Å²) in [6.45, 7) is 1.61. The van der Waals surface area contributed by atoms with Gasteiger partial charge in [0.15, 0.2) is 0 Å². The number of benzene rings is 1. The first-order valence-electron chi connectivity index (χ1n) is 4.95. The minimum Gasteiger partial charge on any atom is -0.478 e. The number of hydrogen-bond donors (Lipinski definition) is 2. The zero-order chi connectivity index (χ0) is 13.4. The maximum Gasteiger partial charge on any atom is 0.336 e. The first kappa shape index (κ1) is 11.8. The van der Waals surface area contributed by atoms with E-state index in [0.29, 0.717) is 5.56 Å². The number of H-pyrrole nitrogens is 1. The van der Waals surface area contributed by atoms with Gasteiger partial charge in [-0.2, -0.15) is 0 Å². The first-order valence-corrected chi connectivity index (χ1v) is 4.95. The minimum absolute atomic E-state index is 0.0736. The van der Waals surface area contributed by atoms with Crippen molar-refractivity contribution in [3.8, 4) is 0 Å². The number of nitro benzene ring substituents is 1. The topological polar surface area (TPSA) is 113 Å². The van der Waals surface area contributed by atoms with Gasteiger partial charge in [-0.25, -0.2) is 4.79 Å². The highest BCUT2D eigenvalue weighted by molar-refractivity contribution is 6.04. The third-order valence-corrected chi connectivity index (χ3v) is 2.50. The van der Waals surface area contributed by atoms with E-state index < -0.39 is 16.5 Å². The Morgan fingerprint density at radius 1 is 1.39 bits per heavy atom. The fourth-order valence-electron chi connectivity index (χ4n) is 1.80. The lowest BCUT2D eigenvalue weighted by atomic mass is 10.1. The molecule has 7 heteroatoms. The van der Waals surface area contributed by atoms with Crippen molar-refractivity contribution in [2.45, 2.75) is 6.92 Å². The van der Waals surface area contributed by atoms with Crippen LogP contribution >= 0.6 is 0 Å². The van der Waals surface area contributed by atoms with Gasteiger partial charge in [-0.05, 0) is 18.6 Å². The third-order valence-electron chi connectivity index (χ3n) is 2.50. The van der Waals surface area contributed by atoms with Crippen LogP contribution in [-0.2, 0) is 0 Å². The summed E-state index contributed by atoms with van der Waals surface area (Å²) in [5, 5.41) is 20.0. The lowest BCUT2D eigenvalue weighted by molar-refractivity contribution is -0.383. The fraction of sp³-hybridized carbons (Fsp3) is 0.0909. The molecule has 1 heterocycles. The molecule has 0 aliphatic carbocycles. The van der Waals surface area contributed by atoms with Crippen molar-refractivity contribution in [1.82, 2.24) is 4.98 Å². The molecule has 2 N–H and O–H groups in total. The smallest absolute Gasteiger partial charge is 0.336 e. The highest BCUT2D eigenvalue weighted by Gasteiger charge is 2.18. The lowest BCUT2D eigenvalue weighted by Gasteiger charge is -2.04. The van der Waals surface area contributed by atoms with E-state index in [4.69, 9.17) is 5.11 Å². The molecule has 0 unspecified atom stereocenters. The Bertz CT molecular complexity index is 732. The average Bonchev–Trinajstić information content (AvgIpc) is 2.27. The molecule has 2 rings (SSSR count). The van der Waals surface area contributed by atoms with Crippen LogP contribution in [0.5, 0.6) is 0 Å². The van der Waals surface area contributed by atoms with E-state index in [1.54, 1.807) is 6.92 Å². The second-order valence-corrected chi connectivity index (χ2v) is 3.82. The maximum atomic E-state index is 11.3. The van der Waals surface area contributed by atoms with Crippen LogP contribution in [0.2, 0.25) is 0 Å². The number of nitro groups is 1. The van der Waals surface area contributed by atoms with Crippen molar-refractivity contribution in [2.24, 2.45) is 0 Å². The van der Waals surface area contributed by atoms with E-state index in [9.17, 15) is 19.7 Å². The van der Waals surface area contributed by atoms with Gasteiger partial charge in [0.2, 0.25) is 5.56 Å². The lowest BCUT2D eigenvalue weighted by Crippen LogP contribution is -2.11. The molecule has 0 radical (unpaired) electrons. The van der Waals surface area contributed by atoms with Crippen LogP contribution in [0.4, 0.5) is 5.69 Å². The van der Waals surface area contributed by atoms with Gasteiger partial charge in [0, 0.05) is 17.5 Å². The summed E-state index contributed by atoms with van der Waals surface area (Å²) >= 11 is 0. The summed E-state index contributed by atoms with van der Waals surface area (Å²) in [6, 6.07) is 3.68. The molecule has 0 saturated heterocycles. The van der Waals surface area contributed by atoms with E-state index in [1.165, 1.54) is 12.1 Å². The SMILES string of the molecule is Cc1cc([N+](=O)[O-])c2[nH]c(=O)cc(C(=O)O)c2c1. The van der Waals surface area contributed by atoms with E-state index >= 15 is 0 Å². The third kappa shape index (κ3) is 1.81. The molecule has 0 spiro atoms. The molecule has 18 heavy (non-hydrogen) atoms. The Kier molecular flexibility index (Phi) is 2.59. The van der Waals surface area contributed by atoms with Crippen LogP contribution in [0.15, 0.2) is 23.0 Å². The maximum absolute atomic E-state index is 11.3. The zero-order valence-corrected chi connectivity index (χ0v) is 9.26. The Morgan fingerprint density at radius 2 is 2.06 bits per heavy atom. The number of pyridine rings is 1. The summed E-state index contributed by atoms with van der Waals surface area (Å²) in [6.07, 6.45) is 0. The molecule has 0 aliphatic rings. The van der Waals surface area contributed by atoms with E-state index in [1.807, 2.05) is 0 Å². The standard InChI is InChI=1S/C11H8N2O5/c1-5-2-6-7(11(15)16)4-9(14)12-10(6)8(3-5)13(17)18/h2-4H,1H3,(H,12,14)(H,15,16). The van der Waals surface area contributed by atoms with Crippen molar-refractivity contribution in [3.63, 3.8) is 0 Å². The molecule has 2 aromatic rings. The van der Waals surface area contributed by atoms with Gasteiger partial charge in [0.25, 0.3) is 5.69 Å². The molecular formula is C11H8N2O5. The van der Waals surface area contributed by atoms with E-state index in [0.717, 1.165) is 6.07 Å². The number of carbonyl (C=O) groups is 1. The number of fused-ring (bicyclic) bond motifs is 1. The number of aromatic amines is 1. The van der Waals surface area contributed by atoms with Crippen LogP contribution in [0.1, 0.15) is 15.9 Å². The number of rotatable bonds is 2. The molecule has 0 amide bonds. The molecule has 7 nitrogen and oxygen atoms in total. The summed E-state index contributed by atoms with van der Waals surface area (Å²) in [4.78, 5) is 34.9. The van der Waals surface area contributed by atoms with Crippen LogP contribution in [-0.4, -0.2) is 21.0 Å². The molecule has 0 aliphatic heterocycles. The second-order valence-electron chi connectivity index (χ2n) is 3.82. The quantitative estimate of drug-likeness (QED) is 0.616. The summed E-state index contributed by atoms with van der Waals surface area (Å²) < 4.78 is 0. The van der Waals surface area contributed by atoms with Crippen molar-refractivity contribution in [1.29, 1.82) is 0 Å². The largest absolute Gasteiger partial charge is 0.478 e. The number of nitrogens with one attached hydrogen (secondary N) is 1. The van der Waals surface area contributed by atoms with Gasteiger partial charge >= 0.3 is 5.97 Å². The molecule has 1 aromatic carbocycles. The summed E-state index contributed by atoms with van der Waals surface area (Å²) in [5.41, 5.74) is -0.781. The van der Waals surface area contributed by atoms with Gasteiger partial charge < -0.3 is 10.1 Å². The summed E-state index contributed by atoms with van der Waals surface area (Å²) in [5.74, 6) is -1.30. The Labute approximate surface area is 99.8 Å². The van der Waals surface area contributed by atoms with Gasteiger partial charge in [0.1, 0.15) is 5.52 Å². The fourth-order valence-corrected chi connectivity index (χ4v) is 1.80. The van der Waals surface area contributed by atoms with E-state index in [2.05, 4.69) is 4.98 Å². The average molecular weight is 248 g/mol. The number of hydrogen-bond acceptors (Lipinski definition) is 4. The molecule has 0 fully saturated rings. The number of carboxylic acid groups (broad SMARTS) is 1. The number of aryl methyl sites for hydroxylation is 1. The molecular weight excluding hydrogens is 240 g/mol. The highest BCUT2D eigenvalue weighted by atomic mass is 16.6. The van der Waals surface area contributed by atoms with Gasteiger partial charge in [-0.1, -0.05) is 0 Å². The zero-order valence-electron chi connectivity index (χ0n) is 9.26. The molecule has 0 atom stereocenters. The second kappa shape index (κ2) is 3.95. The van der Waals surface area contributed by atoms with E-state index in [-0.39, 0.29) is 22.2 Å². The number of aromatic carboxylic acids is 1. The molecule has 0 bridgehead atoms. The Morgan fingerprint density at radius 3 is 2.61 bits per heavy atom. The molecule has 92 valence electrons. The van der Waals surface area contributed by atoms with Crippen molar-refractivity contribution < 1.29 is 14.8 Å². The molecule has 1 aromatic heterocycles. The van der Waals surface area contributed by atoms with Crippen LogP contribution in [0.25, 0.3) is 10.9 Å². The predicted molar refractivity (Wildman–Crippen MR) is 62.9 cm³/mol. The van der Waals surface area contributed by atoms with Gasteiger partial charge in [-0.3, -0.25) is 14.9 Å². The first-order chi connectivity index (χ1) is 8.40. The van der Waals surface area contributed by atoms with Crippen LogP contribution in [0, 0.1) is 17.0 Å². The predicted octanol–water partition coefficient (Wildman–Crippen LogP) is 1.44. The number of carboxylic acids is 1. The normalized spacial score (nSPS) is 10.5. The summed E-state index contributed by atoms with van der Waals surface area (Å²) in [7, 11) is 0. The number of non-ortho nitro benzene ring substituents is 1. The monoisotopic (exact) mass is 248 g/mol. The van der Waals surface area contributed by atoms with Crippen LogP contribution in [0.3, 0.4) is 0 Å². The van der Waals surface area contributed by atoms with Crippen molar-refractivity contribution in [3.05, 3.63) is 49.8 Å².